The van der Waals surface area contributed by atoms with Crippen LogP contribution in [0.1, 0.15) is 44.5 Å². The van der Waals surface area contributed by atoms with Crippen molar-refractivity contribution in [3.63, 3.8) is 0 Å². The largest absolute Gasteiger partial charge is 0.357 e. The predicted molar refractivity (Wildman–Crippen MR) is 120 cm³/mol. The van der Waals surface area contributed by atoms with E-state index in [-0.39, 0.29) is 29.7 Å². The van der Waals surface area contributed by atoms with Gasteiger partial charge in [0.15, 0.2) is 15.8 Å². The van der Waals surface area contributed by atoms with Crippen molar-refractivity contribution in [2.75, 3.05) is 25.4 Å². The van der Waals surface area contributed by atoms with Crippen LogP contribution >= 0.6 is 35.3 Å². The molecule has 26 heavy (non-hydrogen) atoms. The third-order valence-electron chi connectivity index (χ3n) is 4.25. The Hall–Kier alpha value is -0.420. The van der Waals surface area contributed by atoms with Gasteiger partial charge in [0.1, 0.15) is 0 Å². The van der Waals surface area contributed by atoms with Gasteiger partial charge in [-0.1, -0.05) is 13.8 Å². The average molecular weight is 514 g/mol. The highest BCUT2D eigenvalue weighted by Crippen LogP contribution is 2.24. The second-order valence-corrected chi connectivity index (χ2v) is 11.4. The van der Waals surface area contributed by atoms with Crippen LogP contribution in [0.5, 0.6) is 0 Å². The van der Waals surface area contributed by atoms with Gasteiger partial charge in [0, 0.05) is 37.1 Å². The Kier molecular flexibility index (Phi) is 8.79. The van der Waals surface area contributed by atoms with Crippen molar-refractivity contribution in [1.82, 2.24) is 15.2 Å². The maximum atomic E-state index is 12.2. The fraction of sp³-hybridized carbons (Fsp3) is 0.765. The molecule has 1 aliphatic heterocycles. The van der Waals surface area contributed by atoms with Crippen LogP contribution in [0.3, 0.4) is 0 Å². The fourth-order valence-electron chi connectivity index (χ4n) is 2.77. The van der Waals surface area contributed by atoms with E-state index >= 15 is 0 Å². The molecule has 1 aromatic heterocycles. The van der Waals surface area contributed by atoms with Crippen molar-refractivity contribution >= 4 is 51.1 Å². The number of guanidine groups is 1. The third kappa shape index (κ3) is 6.05. The van der Waals surface area contributed by atoms with Gasteiger partial charge in [-0.25, -0.2) is 18.4 Å². The topological polar surface area (TPSA) is 74.7 Å². The molecule has 0 unspecified atom stereocenters. The van der Waals surface area contributed by atoms with Gasteiger partial charge >= 0.3 is 0 Å². The lowest BCUT2D eigenvalue weighted by Gasteiger charge is -2.39. The molecule has 6 nitrogen and oxygen atoms in total. The summed E-state index contributed by atoms with van der Waals surface area (Å²) in [5, 5.41) is 4.44. The number of sulfone groups is 1. The van der Waals surface area contributed by atoms with Crippen LogP contribution in [-0.4, -0.2) is 54.4 Å². The molecular weight excluding hydrogens is 483 g/mol. The maximum absolute atomic E-state index is 12.2. The molecule has 0 aliphatic carbocycles. The molecular formula is C17H31IN4O2S2. The summed E-state index contributed by atoms with van der Waals surface area (Å²) >= 11 is 1.71. The van der Waals surface area contributed by atoms with Crippen LogP contribution in [0, 0.1) is 5.92 Å². The molecule has 2 heterocycles. The summed E-state index contributed by atoms with van der Waals surface area (Å²) in [7, 11) is -3.05. The van der Waals surface area contributed by atoms with Crippen molar-refractivity contribution in [3.8, 4) is 0 Å². The van der Waals surface area contributed by atoms with E-state index in [1.807, 2.05) is 13.1 Å². The van der Waals surface area contributed by atoms with Crippen molar-refractivity contribution in [2.24, 2.45) is 10.9 Å². The summed E-state index contributed by atoms with van der Waals surface area (Å²) in [6.45, 7) is 12.3. The molecule has 0 radical (unpaired) electrons. The quantitative estimate of drug-likeness (QED) is 0.372. The van der Waals surface area contributed by atoms with Gasteiger partial charge in [-0.2, -0.15) is 0 Å². The summed E-state index contributed by atoms with van der Waals surface area (Å²) in [5.41, 5.74) is 0. The van der Waals surface area contributed by atoms with E-state index in [1.54, 1.807) is 25.2 Å². The molecule has 0 bridgehead atoms. The van der Waals surface area contributed by atoms with Gasteiger partial charge in [-0.3, -0.25) is 0 Å². The van der Waals surface area contributed by atoms with Gasteiger partial charge in [0.25, 0.3) is 0 Å². The third-order valence-corrected chi connectivity index (χ3v) is 7.78. The van der Waals surface area contributed by atoms with Crippen molar-refractivity contribution in [1.29, 1.82) is 0 Å². The smallest absolute Gasteiger partial charge is 0.194 e. The fourth-order valence-corrected chi connectivity index (χ4v) is 5.19. The molecule has 0 atom stereocenters. The van der Waals surface area contributed by atoms with E-state index in [2.05, 4.69) is 29.0 Å². The molecule has 0 spiro atoms. The van der Waals surface area contributed by atoms with Gasteiger partial charge in [-0.05, 0) is 26.7 Å². The lowest BCUT2D eigenvalue weighted by Crippen LogP contribution is -2.57. The Balaban J connectivity index is 0.00000338. The van der Waals surface area contributed by atoms with Crippen LogP contribution in [-0.2, 0) is 22.8 Å². The Bertz CT molecular complexity index is 714. The van der Waals surface area contributed by atoms with E-state index in [0.29, 0.717) is 25.6 Å². The first-order chi connectivity index (χ1) is 11.6. The average Bonchev–Trinajstić information content (AvgIpc) is 2.93. The first-order valence-corrected chi connectivity index (χ1v) is 11.3. The lowest BCUT2D eigenvalue weighted by atomic mass is 10.1. The van der Waals surface area contributed by atoms with Gasteiger partial charge in [-0.15, -0.1) is 35.3 Å². The summed E-state index contributed by atoms with van der Waals surface area (Å²) in [6, 6.07) is 0. The van der Waals surface area contributed by atoms with Gasteiger partial charge in [0.2, 0.25) is 0 Å². The molecule has 1 N–H and O–H groups in total. The zero-order valence-corrected chi connectivity index (χ0v) is 20.2. The predicted octanol–water partition coefficient (Wildman–Crippen LogP) is 2.93. The maximum Gasteiger partial charge on any atom is 0.194 e. The first kappa shape index (κ1) is 23.6. The second kappa shape index (κ2) is 9.68. The number of aliphatic imine (C=N–C) groups is 1. The van der Waals surface area contributed by atoms with Crippen LogP contribution in [0.15, 0.2) is 11.2 Å². The Morgan fingerprint density at radius 2 is 2.15 bits per heavy atom. The number of hydrogen-bond donors (Lipinski definition) is 1. The molecule has 0 amide bonds. The molecule has 1 aliphatic rings. The van der Waals surface area contributed by atoms with Crippen molar-refractivity contribution in [2.45, 2.75) is 52.3 Å². The minimum atomic E-state index is -3.05. The zero-order valence-electron chi connectivity index (χ0n) is 16.3. The molecule has 9 heteroatoms. The van der Waals surface area contributed by atoms with Gasteiger partial charge in [0.05, 0.1) is 22.1 Å². The highest BCUT2D eigenvalue weighted by atomic mass is 127. The van der Waals surface area contributed by atoms with Crippen LogP contribution < -0.4 is 5.32 Å². The van der Waals surface area contributed by atoms with Crippen LogP contribution in [0.2, 0.25) is 0 Å². The summed E-state index contributed by atoms with van der Waals surface area (Å²) in [5.74, 6) is 1.55. The number of rotatable bonds is 5. The van der Waals surface area contributed by atoms with E-state index < -0.39 is 14.6 Å². The summed E-state index contributed by atoms with van der Waals surface area (Å²) in [6.07, 6.45) is 2.90. The number of thiazole rings is 1. The lowest BCUT2D eigenvalue weighted by molar-refractivity contribution is 0.353. The van der Waals surface area contributed by atoms with Crippen LogP contribution in [0.4, 0.5) is 0 Å². The molecule has 1 saturated heterocycles. The van der Waals surface area contributed by atoms with Gasteiger partial charge < -0.3 is 10.2 Å². The minimum absolute atomic E-state index is 0. The summed E-state index contributed by atoms with van der Waals surface area (Å²) in [4.78, 5) is 12.4. The number of nitrogens with zero attached hydrogens (tertiary/aromatic N) is 3. The molecule has 1 aromatic rings. The summed E-state index contributed by atoms with van der Waals surface area (Å²) < 4.78 is 23.7. The Labute approximate surface area is 178 Å². The minimum Gasteiger partial charge on any atom is -0.357 e. The van der Waals surface area contributed by atoms with E-state index in [1.165, 1.54) is 0 Å². The number of halogens is 1. The molecule has 0 saturated carbocycles. The normalized spacial score (nSPS) is 19.3. The van der Waals surface area contributed by atoms with Crippen LogP contribution in [0.25, 0.3) is 0 Å². The highest BCUT2D eigenvalue weighted by Gasteiger charge is 2.40. The van der Waals surface area contributed by atoms with Crippen molar-refractivity contribution < 1.29 is 8.42 Å². The van der Waals surface area contributed by atoms with E-state index in [0.717, 1.165) is 28.8 Å². The molecule has 2 rings (SSSR count). The number of hydrogen-bond acceptors (Lipinski definition) is 5. The number of aromatic nitrogens is 1. The standard InChI is InChI=1S/C17H30N4O2S2.HI/c1-6-18-16(21-7-8-25(22,23)17(4,5)12-21)20-11-14-10-19-15(24-14)9-13(2)3;/h10,13H,6-9,11-12H2,1-5H3,(H,18,20);1H. The molecule has 0 aromatic carbocycles. The van der Waals surface area contributed by atoms with E-state index in [4.69, 9.17) is 4.99 Å². The Morgan fingerprint density at radius 3 is 2.73 bits per heavy atom. The second-order valence-electron chi connectivity index (χ2n) is 7.49. The number of nitrogens with one attached hydrogen (secondary N) is 1. The first-order valence-electron chi connectivity index (χ1n) is 8.84. The SMILES string of the molecule is CCNC(=NCc1cnc(CC(C)C)s1)N1CCS(=O)(=O)C(C)(C)C1.I. The van der Waals surface area contributed by atoms with Crippen molar-refractivity contribution in [3.05, 3.63) is 16.1 Å². The highest BCUT2D eigenvalue weighted by molar-refractivity contribution is 14.0. The molecule has 150 valence electrons. The monoisotopic (exact) mass is 514 g/mol. The zero-order chi connectivity index (χ0) is 18.7. The van der Waals surface area contributed by atoms with E-state index in [9.17, 15) is 8.42 Å². The molecule has 1 fully saturated rings. The Morgan fingerprint density at radius 1 is 1.46 bits per heavy atom.